The molecule has 0 amide bonds. The fraction of sp³-hybridized carbons (Fsp3) is 0.600. The Morgan fingerprint density at radius 1 is 1.44 bits per heavy atom. The zero-order valence-corrected chi connectivity index (χ0v) is 11.6. The van der Waals surface area contributed by atoms with E-state index in [1.165, 1.54) is 5.56 Å². The van der Waals surface area contributed by atoms with Crippen LogP contribution in [-0.2, 0) is 11.3 Å². The number of rotatable bonds is 4. The van der Waals surface area contributed by atoms with E-state index in [9.17, 15) is 0 Å². The summed E-state index contributed by atoms with van der Waals surface area (Å²) in [6.45, 7) is 6.25. The third kappa shape index (κ3) is 3.72. The van der Waals surface area contributed by atoms with Crippen LogP contribution in [0.3, 0.4) is 0 Å². The first-order valence-electron chi connectivity index (χ1n) is 6.65. The molecular weight excluding hydrogens is 224 g/mol. The van der Waals surface area contributed by atoms with Crippen LogP contribution >= 0.6 is 0 Å². The Bertz CT molecular complexity index is 403. The largest absolute Gasteiger partial charge is 0.399 e. The van der Waals surface area contributed by atoms with Crippen molar-refractivity contribution in [3.05, 3.63) is 29.8 Å². The van der Waals surface area contributed by atoms with Gasteiger partial charge in [-0.3, -0.25) is 4.90 Å². The fourth-order valence-corrected chi connectivity index (χ4v) is 2.62. The van der Waals surface area contributed by atoms with Gasteiger partial charge in [0.15, 0.2) is 0 Å². The molecule has 18 heavy (non-hydrogen) atoms. The minimum Gasteiger partial charge on any atom is -0.399 e. The van der Waals surface area contributed by atoms with Crippen LogP contribution in [0.15, 0.2) is 24.3 Å². The van der Waals surface area contributed by atoms with Crippen molar-refractivity contribution >= 4 is 5.69 Å². The van der Waals surface area contributed by atoms with E-state index in [0.29, 0.717) is 6.10 Å². The molecule has 0 saturated carbocycles. The maximum atomic E-state index is 6.01. The van der Waals surface area contributed by atoms with Crippen LogP contribution in [0.5, 0.6) is 0 Å². The van der Waals surface area contributed by atoms with Gasteiger partial charge in [0.05, 0.1) is 11.7 Å². The summed E-state index contributed by atoms with van der Waals surface area (Å²) >= 11 is 0. The lowest BCUT2D eigenvalue weighted by molar-refractivity contribution is -0.0267. The molecule has 2 rings (SSSR count). The quantitative estimate of drug-likeness (QED) is 0.833. The molecule has 0 aliphatic carbocycles. The van der Waals surface area contributed by atoms with Crippen molar-refractivity contribution in [2.75, 3.05) is 19.3 Å². The van der Waals surface area contributed by atoms with Crippen LogP contribution in [0, 0.1) is 0 Å². The molecule has 3 heteroatoms. The van der Waals surface area contributed by atoms with Crippen LogP contribution in [0.1, 0.15) is 32.3 Å². The third-order valence-electron chi connectivity index (χ3n) is 3.47. The molecule has 0 radical (unpaired) electrons. The van der Waals surface area contributed by atoms with Crippen molar-refractivity contribution in [2.45, 2.75) is 44.9 Å². The van der Waals surface area contributed by atoms with E-state index in [4.69, 9.17) is 10.5 Å². The van der Waals surface area contributed by atoms with Crippen molar-refractivity contribution in [1.82, 2.24) is 4.90 Å². The number of anilines is 1. The highest BCUT2D eigenvalue weighted by Gasteiger charge is 2.31. The molecule has 0 spiro atoms. The maximum absolute atomic E-state index is 6.01. The Morgan fingerprint density at radius 3 is 2.83 bits per heavy atom. The molecule has 1 heterocycles. The highest BCUT2D eigenvalue weighted by atomic mass is 16.5. The number of likely N-dealkylation sites (N-methyl/N-ethyl adjacent to an activating group) is 1. The van der Waals surface area contributed by atoms with Gasteiger partial charge < -0.3 is 10.5 Å². The smallest absolute Gasteiger partial charge is 0.0710 e. The fourth-order valence-electron chi connectivity index (χ4n) is 2.62. The summed E-state index contributed by atoms with van der Waals surface area (Å²) < 4.78 is 6.01. The van der Waals surface area contributed by atoms with Gasteiger partial charge in [0.25, 0.3) is 0 Å². The summed E-state index contributed by atoms with van der Waals surface area (Å²) in [6, 6.07) is 8.09. The number of nitrogens with zero attached hydrogens (tertiary/aromatic N) is 1. The second-order valence-electron chi connectivity index (χ2n) is 5.98. The number of nitrogens with two attached hydrogens (primary N) is 1. The first-order valence-corrected chi connectivity index (χ1v) is 6.65. The van der Waals surface area contributed by atoms with Gasteiger partial charge in [0.2, 0.25) is 0 Å². The number of hydrogen-bond donors (Lipinski definition) is 1. The van der Waals surface area contributed by atoms with E-state index in [2.05, 4.69) is 31.9 Å². The monoisotopic (exact) mass is 248 g/mol. The summed E-state index contributed by atoms with van der Waals surface area (Å²) in [7, 11) is 2.14. The number of nitrogen functional groups attached to an aromatic ring is 1. The van der Waals surface area contributed by atoms with Crippen LogP contribution in [0.25, 0.3) is 0 Å². The van der Waals surface area contributed by atoms with Gasteiger partial charge >= 0.3 is 0 Å². The molecule has 1 unspecified atom stereocenters. The summed E-state index contributed by atoms with van der Waals surface area (Å²) in [6.07, 6.45) is 2.68. The molecular formula is C15H24N2O. The van der Waals surface area contributed by atoms with Crippen molar-refractivity contribution in [2.24, 2.45) is 0 Å². The van der Waals surface area contributed by atoms with Crippen LogP contribution in [0.4, 0.5) is 5.69 Å². The molecule has 3 nitrogen and oxygen atoms in total. The van der Waals surface area contributed by atoms with Gasteiger partial charge in [0.1, 0.15) is 0 Å². The predicted molar refractivity (Wildman–Crippen MR) is 75.4 cm³/mol. The first-order chi connectivity index (χ1) is 8.44. The average molecular weight is 248 g/mol. The van der Waals surface area contributed by atoms with Gasteiger partial charge in [0, 0.05) is 18.8 Å². The lowest BCUT2D eigenvalue weighted by Crippen LogP contribution is -2.30. The third-order valence-corrected chi connectivity index (χ3v) is 3.47. The summed E-state index contributed by atoms with van der Waals surface area (Å²) in [5.41, 5.74) is 7.94. The summed E-state index contributed by atoms with van der Waals surface area (Å²) in [5.74, 6) is 0. The van der Waals surface area contributed by atoms with E-state index in [1.54, 1.807) is 0 Å². The Kier molecular flexibility index (Phi) is 3.93. The molecule has 0 aromatic heterocycles. The summed E-state index contributed by atoms with van der Waals surface area (Å²) in [5, 5.41) is 0. The molecule has 100 valence electrons. The molecule has 1 atom stereocenters. The molecule has 1 fully saturated rings. The van der Waals surface area contributed by atoms with Gasteiger partial charge in [-0.15, -0.1) is 0 Å². The van der Waals surface area contributed by atoms with E-state index in [-0.39, 0.29) is 5.60 Å². The van der Waals surface area contributed by atoms with Crippen molar-refractivity contribution in [1.29, 1.82) is 0 Å². The second-order valence-corrected chi connectivity index (χ2v) is 5.98. The van der Waals surface area contributed by atoms with E-state index >= 15 is 0 Å². The normalized spacial score (nSPS) is 22.6. The second kappa shape index (κ2) is 5.29. The molecule has 1 aliphatic heterocycles. The number of benzene rings is 1. The molecule has 2 N–H and O–H groups in total. The van der Waals surface area contributed by atoms with E-state index in [0.717, 1.165) is 31.6 Å². The van der Waals surface area contributed by atoms with Gasteiger partial charge in [-0.1, -0.05) is 12.1 Å². The molecule has 1 saturated heterocycles. The highest BCUT2D eigenvalue weighted by molar-refractivity contribution is 5.40. The Morgan fingerprint density at radius 2 is 2.22 bits per heavy atom. The van der Waals surface area contributed by atoms with Crippen LogP contribution < -0.4 is 5.73 Å². The average Bonchev–Trinajstić information content (AvgIpc) is 2.57. The Balaban J connectivity index is 1.84. The molecule has 1 aliphatic rings. The lowest BCUT2D eigenvalue weighted by Gasteiger charge is -2.23. The van der Waals surface area contributed by atoms with Crippen LogP contribution in [-0.4, -0.2) is 30.2 Å². The van der Waals surface area contributed by atoms with Gasteiger partial charge in [-0.25, -0.2) is 0 Å². The highest BCUT2D eigenvalue weighted by Crippen LogP contribution is 2.29. The lowest BCUT2D eigenvalue weighted by atomic mass is 10.1. The molecule has 1 aromatic rings. The van der Waals surface area contributed by atoms with Crippen LogP contribution in [0.2, 0.25) is 0 Å². The molecule has 1 aromatic carbocycles. The molecule has 0 bridgehead atoms. The maximum Gasteiger partial charge on any atom is 0.0710 e. The van der Waals surface area contributed by atoms with E-state index in [1.807, 2.05) is 18.2 Å². The number of ether oxygens (including phenoxy) is 1. The van der Waals surface area contributed by atoms with Gasteiger partial charge in [-0.2, -0.15) is 0 Å². The van der Waals surface area contributed by atoms with E-state index < -0.39 is 0 Å². The van der Waals surface area contributed by atoms with Crippen molar-refractivity contribution < 1.29 is 4.74 Å². The van der Waals surface area contributed by atoms with Gasteiger partial charge in [-0.05, 0) is 51.4 Å². The number of hydrogen-bond acceptors (Lipinski definition) is 3. The minimum atomic E-state index is 0.0582. The Labute approximate surface area is 110 Å². The summed E-state index contributed by atoms with van der Waals surface area (Å²) in [4.78, 5) is 2.31. The minimum absolute atomic E-state index is 0.0582. The SMILES string of the molecule is CN(Cc1cccc(N)c1)CC1CCC(C)(C)O1. The van der Waals surface area contributed by atoms with Crippen molar-refractivity contribution in [3.8, 4) is 0 Å². The topological polar surface area (TPSA) is 38.5 Å². The first kappa shape index (κ1) is 13.4. The van der Waals surface area contributed by atoms with Crippen molar-refractivity contribution in [3.63, 3.8) is 0 Å². The standard InChI is InChI=1S/C15H24N2O/c1-15(2)8-7-14(18-15)11-17(3)10-12-5-4-6-13(16)9-12/h4-6,9,14H,7-8,10-11,16H2,1-3H3. The zero-order chi connectivity index (χ0) is 13.2. The zero-order valence-electron chi connectivity index (χ0n) is 11.6. The Hall–Kier alpha value is -1.06. The predicted octanol–water partition coefficient (Wildman–Crippen LogP) is 2.66.